The Hall–Kier alpha value is -3.24. The van der Waals surface area contributed by atoms with E-state index in [1.807, 2.05) is 60.8 Å². The Kier molecular flexibility index (Phi) is 6.05. The number of hydrogen-bond donors (Lipinski definition) is 1. The molecule has 30 heavy (non-hydrogen) atoms. The number of carbonyl (C=O) groups excluding carboxylic acids is 1. The number of rotatable bonds is 7. The molecule has 152 valence electrons. The number of ether oxygens (including phenoxy) is 1. The molecular weight excluding hydrogens is 420 g/mol. The highest BCUT2D eigenvalue weighted by atomic mass is 32.2. The SMILES string of the molecule is COc1ccc(-c2csc(NC(=O)CSc3nnnn3-c3ccc(C)cc3)n2)cc1. The maximum absolute atomic E-state index is 12.4. The fourth-order valence-corrected chi connectivity index (χ4v) is 4.05. The molecule has 0 spiro atoms. The van der Waals surface area contributed by atoms with Gasteiger partial charge < -0.3 is 10.1 Å². The fourth-order valence-electron chi connectivity index (χ4n) is 2.63. The Morgan fingerprint density at radius 2 is 1.93 bits per heavy atom. The second-order valence-electron chi connectivity index (χ2n) is 6.31. The van der Waals surface area contributed by atoms with Gasteiger partial charge in [0, 0.05) is 10.9 Å². The molecule has 0 fully saturated rings. The molecule has 0 unspecified atom stereocenters. The monoisotopic (exact) mass is 438 g/mol. The minimum atomic E-state index is -0.172. The van der Waals surface area contributed by atoms with Crippen LogP contribution in [0.3, 0.4) is 0 Å². The van der Waals surface area contributed by atoms with Gasteiger partial charge in [0.25, 0.3) is 0 Å². The molecule has 1 amide bonds. The van der Waals surface area contributed by atoms with Crippen molar-refractivity contribution < 1.29 is 9.53 Å². The molecule has 0 saturated heterocycles. The number of anilines is 1. The van der Waals surface area contributed by atoms with Crippen LogP contribution in [0, 0.1) is 6.92 Å². The number of methoxy groups -OCH3 is 1. The van der Waals surface area contributed by atoms with E-state index in [2.05, 4.69) is 25.8 Å². The number of nitrogens with zero attached hydrogens (tertiary/aromatic N) is 5. The molecule has 0 radical (unpaired) electrons. The van der Waals surface area contributed by atoms with E-state index in [1.165, 1.54) is 23.1 Å². The molecule has 0 aliphatic carbocycles. The van der Waals surface area contributed by atoms with Crippen molar-refractivity contribution in [3.05, 3.63) is 59.5 Å². The van der Waals surface area contributed by atoms with Gasteiger partial charge >= 0.3 is 0 Å². The number of thiazole rings is 1. The van der Waals surface area contributed by atoms with Gasteiger partial charge in [-0.05, 0) is 53.7 Å². The summed E-state index contributed by atoms with van der Waals surface area (Å²) in [5, 5.41) is 17.6. The summed E-state index contributed by atoms with van der Waals surface area (Å²) in [6.07, 6.45) is 0. The third kappa shape index (κ3) is 4.66. The van der Waals surface area contributed by atoms with Crippen LogP contribution in [0.5, 0.6) is 5.75 Å². The van der Waals surface area contributed by atoms with Crippen LogP contribution in [0.2, 0.25) is 0 Å². The molecule has 1 N–H and O–H groups in total. The normalized spacial score (nSPS) is 10.7. The van der Waals surface area contributed by atoms with E-state index >= 15 is 0 Å². The molecule has 2 aromatic heterocycles. The van der Waals surface area contributed by atoms with Crippen molar-refractivity contribution >= 4 is 34.1 Å². The summed E-state index contributed by atoms with van der Waals surface area (Å²) >= 11 is 2.64. The second-order valence-corrected chi connectivity index (χ2v) is 8.11. The number of hydrogen-bond acceptors (Lipinski definition) is 8. The van der Waals surface area contributed by atoms with Crippen molar-refractivity contribution in [2.75, 3.05) is 18.2 Å². The Labute approximate surface area is 181 Å². The summed E-state index contributed by atoms with van der Waals surface area (Å²) in [7, 11) is 1.63. The average Bonchev–Trinajstić information content (AvgIpc) is 3.42. The maximum atomic E-state index is 12.4. The molecule has 0 saturated carbocycles. The Morgan fingerprint density at radius 1 is 1.17 bits per heavy atom. The highest BCUT2D eigenvalue weighted by Crippen LogP contribution is 2.27. The molecule has 4 aromatic rings. The van der Waals surface area contributed by atoms with E-state index in [9.17, 15) is 4.79 Å². The first-order chi connectivity index (χ1) is 14.6. The molecule has 0 bridgehead atoms. The summed E-state index contributed by atoms with van der Waals surface area (Å²) in [5.74, 6) is 0.783. The van der Waals surface area contributed by atoms with Gasteiger partial charge in [0.1, 0.15) is 5.75 Å². The molecule has 0 aliphatic heterocycles. The lowest BCUT2D eigenvalue weighted by atomic mass is 10.2. The first-order valence-electron chi connectivity index (χ1n) is 9.00. The summed E-state index contributed by atoms with van der Waals surface area (Å²) in [6, 6.07) is 15.5. The van der Waals surface area contributed by atoms with E-state index in [4.69, 9.17) is 4.74 Å². The van der Waals surface area contributed by atoms with Crippen LogP contribution in [0.4, 0.5) is 5.13 Å². The Balaban J connectivity index is 1.36. The largest absolute Gasteiger partial charge is 0.497 e. The fraction of sp³-hybridized carbons (Fsp3) is 0.150. The topological polar surface area (TPSA) is 94.8 Å². The molecule has 8 nitrogen and oxygen atoms in total. The first kappa shape index (κ1) is 20.0. The Bertz CT molecular complexity index is 1140. The Morgan fingerprint density at radius 3 is 2.67 bits per heavy atom. The van der Waals surface area contributed by atoms with Gasteiger partial charge in [-0.3, -0.25) is 4.79 Å². The van der Waals surface area contributed by atoms with Crippen LogP contribution < -0.4 is 10.1 Å². The van der Waals surface area contributed by atoms with Crippen LogP contribution >= 0.6 is 23.1 Å². The maximum Gasteiger partial charge on any atom is 0.236 e. The molecule has 10 heteroatoms. The average molecular weight is 439 g/mol. The van der Waals surface area contributed by atoms with Gasteiger partial charge in [0.2, 0.25) is 11.1 Å². The quantitative estimate of drug-likeness (QED) is 0.438. The van der Waals surface area contributed by atoms with Crippen LogP contribution in [-0.4, -0.2) is 44.0 Å². The number of nitrogens with one attached hydrogen (secondary N) is 1. The second kappa shape index (κ2) is 9.06. The summed E-state index contributed by atoms with van der Waals surface area (Å²) in [6.45, 7) is 2.02. The van der Waals surface area contributed by atoms with Gasteiger partial charge in [0.05, 0.1) is 24.2 Å². The number of aromatic nitrogens is 5. The number of carbonyl (C=O) groups is 1. The summed E-state index contributed by atoms with van der Waals surface area (Å²) < 4.78 is 6.78. The lowest BCUT2D eigenvalue weighted by Gasteiger charge is -2.04. The predicted octanol–water partition coefficient (Wildman–Crippen LogP) is 3.83. The smallest absolute Gasteiger partial charge is 0.236 e. The van der Waals surface area contributed by atoms with Crippen molar-refractivity contribution in [1.29, 1.82) is 0 Å². The van der Waals surface area contributed by atoms with Crippen molar-refractivity contribution in [3.8, 4) is 22.7 Å². The summed E-state index contributed by atoms with van der Waals surface area (Å²) in [5.41, 5.74) is 3.75. The van der Waals surface area contributed by atoms with E-state index < -0.39 is 0 Å². The number of thioether (sulfide) groups is 1. The number of tetrazole rings is 1. The zero-order valence-electron chi connectivity index (χ0n) is 16.3. The molecule has 2 aromatic carbocycles. The van der Waals surface area contributed by atoms with Gasteiger partial charge in [-0.25, -0.2) is 4.98 Å². The van der Waals surface area contributed by atoms with Crippen molar-refractivity contribution in [2.45, 2.75) is 12.1 Å². The van der Waals surface area contributed by atoms with Gasteiger partial charge in [-0.2, -0.15) is 4.68 Å². The highest BCUT2D eigenvalue weighted by molar-refractivity contribution is 7.99. The molecular formula is C20H18N6O2S2. The lowest BCUT2D eigenvalue weighted by Crippen LogP contribution is -2.14. The molecule has 0 aliphatic rings. The first-order valence-corrected chi connectivity index (χ1v) is 10.9. The molecule has 2 heterocycles. The standard InChI is InChI=1S/C20H18N6O2S2/c1-13-3-7-15(8-4-13)26-20(23-24-25-26)30-12-18(27)22-19-21-17(11-29-19)14-5-9-16(28-2)10-6-14/h3-11H,12H2,1-2H3,(H,21,22,27). The van der Waals surface area contributed by atoms with Crippen LogP contribution in [-0.2, 0) is 4.79 Å². The van der Waals surface area contributed by atoms with Crippen molar-refractivity contribution in [1.82, 2.24) is 25.2 Å². The van der Waals surface area contributed by atoms with Gasteiger partial charge in [-0.1, -0.05) is 29.5 Å². The predicted molar refractivity (Wildman–Crippen MR) is 117 cm³/mol. The zero-order chi connectivity index (χ0) is 20.9. The lowest BCUT2D eigenvalue weighted by molar-refractivity contribution is -0.113. The van der Waals surface area contributed by atoms with Crippen molar-refractivity contribution in [3.63, 3.8) is 0 Å². The number of benzene rings is 2. The van der Waals surface area contributed by atoms with E-state index in [1.54, 1.807) is 11.8 Å². The number of aryl methyl sites for hydroxylation is 1. The van der Waals surface area contributed by atoms with Crippen molar-refractivity contribution in [2.24, 2.45) is 0 Å². The van der Waals surface area contributed by atoms with Crippen LogP contribution in [0.1, 0.15) is 5.56 Å². The third-order valence-corrected chi connectivity index (χ3v) is 5.87. The van der Waals surface area contributed by atoms with E-state index in [-0.39, 0.29) is 11.7 Å². The molecule has 4 rings (SSSR count). The molecule has 0 atom stereocenters. The minimum absolute atomic E-state index is 0.170. The van der Waals surface area contributed by atoms with Gasteiger partial charge in [-0.15, -0.1) is 16.4 Å². The van der Waals surface area contributed by atoms with Crippen LogP contribution in [0.15, 0.2) is 59.1 Å². The summed E-state index contributed by atoms with van der Waals surface area (Å²) in [4.78, 5) is 16.9. The van der Waals surface area contributed by atoms with E-state index in [0.717, 1.165) is 28.3 Å². The minimum Gasteiger partial charge on any atom is -0.497 e. The number of amides is 1. The van der Waals surface area contributed by atoms with Crippen LogP contribution in [0.25, 0.3) is 16.9 Å². The third-order valence-electron chi connectivity index (χ3n) is 4.19. The highest BCUT2D eigenvalue weighted by Gasteiger charge is 2.13. The van der Waals surface area contributed by atoms with E-state index in [0.29, 0.717) is 10.3 Å². The van der Waals surface area contributed by atoms with Gasteiger partial charge in [0.15, 0.2) is 5.13 Å². The zero-order valence-corrected chi connectivity index (χ0v) is 17.9.